The van der Waals surface area contributed by atoms with Crippen LogP contribution in [0, 0.1) is 13.8 Å². The maximum atomic E-state index is 13.4. The van der Waals surface area contributed by atoms with Crippen LogP contribution in [0.2, 0.25) is 0 Å². The van der Waals surface area contributed by atoms with Gasteiger partial charge in [0.05, 0.1) is 12.4 Å². The van der Waals surface area contributed by atoms with Gasteiger partial charge >= 0.3 is 0 Å². The second-order valence-corrected chi connectivity index (χ2v) is 6.78. The number of aryl methyl sites for hydroxylation is 2. The maximum Gasteiger partial charge on any atom is 0.280 e. The normalized spacial score (nSPS) is 12.8. The van der Waals surface area contributed by atoms with Gasteiger partial charge in [-0.1, -0.05) is 6.07 Å². The Morgan fingerprint density at radius 3 is 2.75 bits per heavy atom. The van der Waals surface area contributed by atoms with E-state index in [9.17, 15) is 8.78 Å². The van der Waals surface area contributed by atoms with Crippen LogP contribution in [-0.2, 0) is 6.42 Å². The van der Waals surface area contributed by atoms with Gasteiger partial charge in [-0.3, -0.25) is 10.3 Å². The van der Waals surface area contributed by atoms with Gasteiger partial charge in [0, 0.05) is 17.3 Å². The molecule has 3 rings (SSSR count). The summed E-state index contributed by atoms with van der Waals surface area (Å²) >= 11 is 0. The molecule has 0 aliphatic rings. The van der Waals surface area contributed by atoms with Crippen molar-refractivity contribution in [2.45, 2.75) is 45.5 Å². The lowest BCUT2D eigenvalue weighted by Crippen LogP contribution is -2.18. The first-order valence-electron chi connectivity index (χ1n) is 9.23. The molecule has 1 unspecified atom stereocenters. The van der Waals surface area contributed by atoms with E-state index in [4.69, 9.17) is 5.11 Å². The van der Waals surface area contributed by atoms with Crippen LogP contribution in [0.5, 0.6) is 0 Å². The predicted octanol–water partition coefficient (Wildman–Crippen LogP) is 2.72. The highest BCUT2D eigenvalue weighted by Crippen LogP contribution is 2.28. The second kappa shape index (κ2) is 9.11. The van der Waals surface area contributed by atoms with E-state index in [-0.39, 0.29) is 24.1 Å². The zero-order chi connectivity index (χ0) is 20.1. The first-order chi connectivity index (χ1) is 13.5. The first-order valence-corrected chi connectivity index (χ1v) is 9.23. The van der Waals surface area contributed by atoms with Crippen molar-refractivity contribution in [2.75, 3.05) is 13.3 Å². The number of nitrogens with zero attached hydrogens (tertiary/aromatic N) is 5. The molecule has 0 spiro atoms. The largest absolute Gasteiger partial charge is 0.381 e. The number of nitrogens with one attached hydrogen (secondary N) is 1. The Balaban J connectivity index is 1.96. The lowest BCUT2D eigenvalue weighted by Gasteiger charge is -2.19. The van der Waals surface area contributed by atoms with Crippen LogP contribution in [0.4, 0.5) is 8.78 Å². The van der Waals surface area contributed by atoms with Gasteiger partial charge in [0.2, 0.25) is 0 Å². The number of aromatic nitrogens is 5. The predicted molar refractivity (Wildman–Crippen MR) is 100 cm³/mol. The summed E-state index contributed by atoms with van der Waals surface area (Å²) in [5.41, 5.74) is 3.29. The molecule has 7 nitrogen and oxygen atoms in total. The number of alkyl halides is 2. The number of aliphatic hydroxyl groups excluding tert-OH is 1. The Morgan fingerprint density at radius 1 is 1.21 bits per heavy atom. The summed E-state index contributed by atoms with van der Waals surface area (Å²) in [4.78, 5) is 12.5. The van der Waals surface area contributed by atoms with Gasteiger partial charge in [-0.25, -0.2) is 18.3 Å². The summed E-state index contributed by atoms with van der Waals surface area (Å²) in [6.07, 6.45) is 0.695. The minimum absolute atomic E-state index is 0.0957. The highest BCUT2D eigenvalue weighted by atomic mass is 19.3. The lowest BCUT2D eigenvalue weighted by atomic mass is 9.92. The van der Waals surface area contributed by atoms with E-state index >= 15 is 0 Å². The molecule has 0 bridgehead atoms. The van der Waals surface area contributed by atoms with Crippen molar-refractivity contribution in [3.63, 3.8) is 0 Å². The molecule has 2 N–H and O–H groups in total. The average molecular weight is 390 g/mol. The summed E-state index contributed by atoms with van der Waals surface area (Å²) in [6.45, 7) is 4.49. The van der Waals surface area contributed by atoms with Crippen molar-refractivity contribution in [3.8, 4) is 0 Å². The Labute approximate surface area is 161 Å². The molecule has 1 atom stereocenters. The van der Waals surface area contributed by atoms with Gasteiger partial charge in [-0.15, -0.1) is 0 Å². The van der Waals surface area contributed by atoms with E-state index in [1.807, 2.05) is 26.0 Å². The van der Waals surface area contributed by atoms with Crippen molar-refractivity contribution in [2.24, 2.45) is 0 Å². The molecule has 0 saturated heterocycles. The molecule has 9 heteroatoms. The third-order valence-electron chi connectivity index (χ3n) is 4.82. The monoisotopic (exact) mass is 390 g/mol. The van der Waals surface area contributed by atoms with Gasteiger partial charge in [0.25, 0.3) is 12.2 Å². The van der Waals surface area contributed by atoms with Gasteiger partial charge in [-0.05, 0) is 57.4 Å². The molecule has 0 aliphatic carbocycles. The zero-order valence-corrected chi connectivity index (χ0v) is 15.9. The highest BCUT2D eigenvalue weighted by Gasteiger charge is 2.22. The number of halogens is 2. The summed E-state index contributed by atoms with van der Waals surface area (Å²) in [5.74, 6) is 0.0686. The molecule has 0 aliphatic heterocycles. The molecule has 3 aromatic heterocycles. The van der Waals surface area contributed by atoms with E-state index in [0.717, 1.165) is 23.4 Å². The van der Waals surface area contributed by atoms with Gasteiger partial charge < -0.3 is 5.11 Å². The summed E-state index contributed by atoms with van der Waals surface area (Å²) < 4.78 is 28.2. The molecule has 0 radical (unpaired) electrons. The van der Waals surface area contributed by atoms with Crippen LogP contribution in [0.25, 0.3) is 5.78 Å². The molecule has 3 heterocycles. The number of hydrogen-bond acceptors (Lipinski definition) is 6. The Morgan fingerprint density at radius 2 is 2.04 bits per heavy atom. The van der Waals surface area contributed by atoms with Crippen LogP contribution < -0.4 is 5.32 Å². The highest BCUT2D eigenvalue weighted by molar-refractivity contribution is 5.33. The molecular weight excluding hydrogens is 366 g/mol. The summed E-state index contributed by atoms with van der Waals surface area (Å²) in [6, 6.07) is 5.40. The van der Waals surface area contributed by atoms with Crippen LogP contribution in [0.15, 0.2) is 24.5 Å². The number of pyridine rings is 1. The fourth-order valence-electron chi connectivity index (χ4n) is 3.21. The molecule has 3 aromatic rings. The molecule has 150 valence electrons. The van der Waals surface area contributed by atoms with E-state index in [0.29, 0.717) is 25.1 Å². The van der Waals surface area contributed by atoms with Gasteiger partial charge in [0.1, 0.15) is 12.0 Å². The average Bonchev–Trinajstić information content (AvgIpc) is 3.15. The van der Waals surface area contributed by atoms with Gasteiger partial charge in [-0.2, -0.15) is 10.1 Å². The number of fused-ring (bicyclic) bond motifs is 1. The van der Waals surface area contributed by atoms with Crippen LogP contribution in [0.3, 0.4) is 0 Å². The summed E-state index contributed by atoms with van der Waals surface area (Å²) in [5, 5.41) is 16.0. The standard InChI is InChI=1S/C19H24F2N6O/c1-12-5-6-15(25-13(12)2)8-14(4-3-7-22-11-28)17-9-16(18(20)21)26-19-23-10-24-27(17)19/h5-6,9-10,14,18,22,28H,3-4,7-8,11H2,1-2H3. The maximum absolute atomic E-state index is 13.4. The first kappa shape index (κ1) is 20.2. The van der Waals surface area contributed by atoms with Crippen LogP contribution in [0.1, 0.15) is 53.5 Å². The van der Waals surface area contributed by atoms with Crippen molar-refractivity contribution in [1.82, 2.24) is 29.9 Å². The molecule has 28 heavy (non-hydrogen) atoms. The minimum atomic E-state index is -2.68. The number of aliphatic hydroxyl groups is 1. The van der Waals surface area contributed by atoms with Crippen molar-refractivity contribution in [3.05, 3.63) is 52.9 Å². The zero-order valence-electron chi connectivity index (χ0n) is 15.9. The van der Waals surface area contributed by atoms with Gasteiger partial charge in [0.15, 0.2) is 0 Å². The second-order valence-electron chi connectivity index (χ2n) is 6.78. The van der Waals surface area contributed by atoms with E-state index in [1.165, 1.54) is 16.9 Å². The van der Waals surface area contributed by atoms with Crippen LogP contribution >= 0.6 is 0 Å². The number of rotatable bonds is 9. The summed E-state index contributed by atoms with van der Waals surface area (Å²) in [7, 11) is 0. The fourth-order valence-corrected chi connectivity index (χ4v) is 3.21. The Hall–Kier alpha value is -2.52. The molecular formula is C19H24F2N6O. The van der Waals surface area contributed by atoms with E-state index < -0.39 is 6.43 Å². The smallest absolute Gasteiger partial charge is 0.280 e. The Kier molecular flexibility index (Phi) is 6.58. The van der Waals surface area contributed by atoms with E-state index in [1.54, 1.807) is 0 Å². The minimum Gasteiger partial charge on any atom is -0.381 e. The SMILES string of the molecule is Cc1ccc(CC(CCCNCO)c2cc(C(F)F)nc3ncnn23)nc1C. The topological polar surface area (TPSA) is 88.2 Å². The molecule has 0 amide bonds. The Bertz CT molecular complexity index is 930. The van der Waals surface area contributed by atoms with Crippen LogP contribution in [-0.4, -0.2) is 42.9 Å². The molecule has 0 saturated carbocycles. The fraction of sp³-hybridized carbons (Fsp3) is 0.474. The van der Waals surface area contributed by atoms with Crippen molar-refractivity contribution in [1.29, 1.82) is 0 Å². The quantitative estimate of drug-likeness (QED) is 0.431. The third kappa shape index (κ3) is 4.66. The third-order valence-corrected chi connectivity index (χ3v) is 4.82. The molecule has 0 fully saturated rings. The molecule has 0 aromatic carbocycles. The van der Waals surface area contributed by atoms with Crippen molar-refractivity contribution >= 4 is 5.78 Å². The van der Waals surface area contributed by atoms with E-state index in [2.05, 4.69) is 25.4 Å². The lowest BCUT2D eigenvalue weighted by molar-refractivity contribution is 0.146. The van der Waals surface area contributed by atoms with Crippen molar-refractivity contribution < 1.29 is 13.9 Å². The number of hydrogen-bond donors (Lipinski definition) is 2.